The predicted molar refractivity (Wildman–Crippen MR) is 97.1 cm³/mol. The van der Waals surface area contributed by atoms with Crippen LogP contribution in [-0.2, 0) is 4.74 Å². The van der Waals surface area contributed by atoms with E-state index in [4.69, 9.17) is 4.74 Å². The first kappa shape index (κ1) is 16.7. The lowest BCUT2D eigenvalue weighted by molar-refractivity contribution is 0.144. The van der Waals surface area contributed by atoms with E-state index in [1.807, 2.05) is 25.2 Å². The summed E-state index contributed by atoms with van der Waals surface area (Å²) < 4.78 is 5.16. The zero-order chi connectivity index (χ0) is 16.8. The maximum Gasteiger partial charge on any atom is 0.138 e. The Morgan fingerprint density at radius 2 is 1.83 bits per heavy atom. The molecule has 0 saturated carbocycles. The van der Waals surface area contributed by atoms with E-state index in [1.54, 1.807) is 13.4 Å². The van der Waals surface area contributed by atoms with Gasteiger partial charge in [-0.1, -0.05) is 18.2 Å². The fraction of sp³-hybridized carbons (Fsp3) is 0.444. The van der Waals surface area contributed by atoms with Gasteiger partial charge in [0.05, 0.1) is 6.61 Å². The second-order valence-electron chi connectivity index (χ2n) is 5.95. The molecule has 2 aromatic rings. The van der Waals surface area contributed by atoms with Crippen molar-refractivity contribution >= 4 is 17.3 Å². The van der Waals surface area contributed by atoms with Gasteiger partial charge in [-0.05, 0) is 12.1 Å². The SMILES string of the molecule is COCCN1CCN(c2cc(N(C)c3ccccc3)ncn2)CC1. The molecular formula is C18H25N5O. The van der Waals surface area contributed by atoms with Gasteiger partial charge < -0.3 is 14.5 Å². The minimum absolute atomic E-state index is 0.791. The summed E-state index contributed by atoms with van der Waals surface area (Å²) in [5.41, 5.74) is 1.12. The first-order valence-electron chi connectivity index (χ1n) is 8.35. The molecule has 0 amide bonds. The maximum atomic E-state index is 5.16. The van der Waals surface area contributed by atoms with Gasteiger partial charge in [-0.25, -0.2) is 9.97 Å². The van der Waals surface area contributed by atoms with Crippen LogP contribution in [0.4, 0.5) is 17.3 Å². The number of hydrogen-bond acceptors (Lipinski definition) is 6. The average molecular weight is 327 g/mol. The quantitative estimate of drug-likeness (QED) is 0.809. The Hall–Kier alpha value is -2.18. The minimum Gasteiger partial charge on any atom is -0.383 e. The molecule has 0 bridgehead atoms. The smallest absolute Gasteiger partial charge is 0.138 e. The molecule has 3 rings (SSSR count). The van der Waals surface area contributed by atoms with Gasteiger partial charge in [-0.15, -0.1) is 0 Å². The standard InChI is InChI=1S/C18H25N5O/c1-21(16-6-4-3-5-7-16)17-14-18(20-15-19-17)23-10-8-22(9-11-23)12-13-24-2/h3-7,14-15H,8-13H2,1-2H3. The Balaban J connectivity index is 1.66. The van der Waals surface area contributed by atoms with E-state index in [0.717, 1.165) is 56.7 Å². The lowest BCUT2D eigenvalue weighted by atomic mass is 10.3. The lowest BCUT2D eigenvalue weighted by Crippen LogP contribution is -2.47. The number of methoxy groups -OCH3 is 1. The van der Waals surface area contributed by atoms with Crippen LogP contribution in [0.15, 0.2) is 42.7 Å². The van der Waals surface area contributed by atoms with Crippen molar-refractivity contribution in [3.05, 3.63) is 42.7 Å². The molecule has 0 N–H and O–H groups in total. The summed E-state index contributed by atoms with van der Waals surface area (Å²) in [6, 6.07) is 12.3. The second-order valence-corrected chi connectivity index (χ2v) is 5.95. The second kappa shape index (κ2) is 8.08. The summed E-state index contributed by atoms with van der Waals surface area (Å²) in [7, 11) is 3.78. The van der Waals surface area contributed by atoms with Crippen molar-refractivity contribution in [2.75, 3.05) is 63.3 Å². The third-order valence-corrected chi connectivity index (χ3v) is 4.43. The van der Waals surface area contributed by atoms with E-state index in [2.05, 4.69) is 42.9 Å². The Bertz CT molecular complexity index is 628. The summed E-state index contributed by atoms with van der Waals surface area (Å²) in [6.07, 6.45) is 1.65. The summed E-state index contributed by atoms with van der Waals surface area (Å²) >= 11 is 0. The highest BCUT2D eigenvalue weighted by Gasteiger charge is 2.18. The molecule has 1 aromatic heterocycles. The lowest BCUT2D eigenvalue weighted by Gasteiger charge is -2.35. The van der Waals surface area contributed by atoms with Crippen LogP contribution in [0.3, 0.4) is 0 Å². The van der Waals surface area contributed by atoms with E-state index >= 15 is 0 Å². The van der Waals surface area contributed by atoms with E-state index in [0.29, 0.717) is 0 Å². The Morgan fingerprint density at radius 1 is 1.08 bits per heavy atom. The van der Waals surface area contributed by atoms with Crippen LogP contribution < -0.4 is 9.80 Å². The topological polar surface area (TPSA) is 44.7 Å². The van der Waals surface area contributed by atoms with Gasteiger partial charge in [0, 0.05) is 58.6 Å². The zero-order valence-electron chi connectivity index (χ0n) is 14.4. The molecule has 1 saturated heterocycles. The number of para-hydroxylation sites is 1. The molecule has 0 radical (unpaired) electrons. The van der Waals surface area contributed by atoms with Crippen LogP contribution in [0.2, 0.25) is 0 Å². The van der Waals surface area contributed by atoms with E-state index < -0.39 is 0 Å². The molecule has 0 aliphatic carbocycles. The van der Waals surface area contributed by atoms with Crippen LogP contribution >= 0.6 is 0 Å². The largest absolute Gasteiger partial charge is 0.383 e. The van der Waals surface area contributed by atoms with Crippen molar-refractivity contribution in [1.82, 2.24) is 14.9 Å². The monoisotopic (exact) mass is 327 g/mol. The molecule has 1 aliphatic heterocycles. The van der Waals surface area contributed by atoms with Gasteiger partial charge in [-0.2, -0.15) is 0 Å². The van der Waals surface area contributed by atoms with Gasteiger partial charge in [0.25, 0.3) is 0 Å². The number of anilines is 3. The molecular weight excluding hydrogens is 302 g/mol. The predicted octanol–water partition coefficient (Wildman–Crippen LogP) is 2.01. The minimum atomic E-state index is 0.791. The summed E-state index contributed by atoms with van der Waals surface area (Å²) in [5.74, 6) is 1.90. The summed E-state index contributed by atoms with van der Waals surface area (Å²) in [6.45, 7) is 5.83. The maximum absolute atomic E-state index is 5.16. The third kappa shape index (κ3) is 4.01. The number of piperazine rings is 1. The van der Waals surface area contributed by atoms with Gasteiger partial charge in [0.1, 0.15) is 18.0 Å². The molecule has 0 atom stereocenters. The molecule has 6 nitrogen and oxygen atoms in total. The number of nitrogens with zero attached hydrogens (tertiary/aromatic N) is 5. The molecule has 0 unspecified atom stereocenters. The van der Waals surface area contributed by atoms with Crippen molar-refractivity contribution in [1.29, 1.82) is 0 Å². The van der Waals surface area contributed by atoms with Gasteiger partial charge >= 0.3 is 0 Å². The Morgan fingerprint density at radius 3 is 2.54 bits per heavy atom. The average Bonchev–Trinajstić information content (AvgIpc) is 2.67. The number of hydrogen-bond donors (Lipinski definition) is 0. The van der Waals surface area contributed by atoms with Gasteiger partial charge in [0.2, 0.25) is 0 Å². The van der Waals surface area contributed by atoms with Crippen LogP contribution in [0.1, 0.15) is 0 Å². The number of ether oxygens (including phenoxy) is 1. The van der Waals surface area contributed by atoms with Crippen molar-refractivity contribution < 1.29 is 4.74 Å². The Labute approximate surface area is 143 Å². The zero-order valence-corrected chi connectivity index (χ0v) is 14.4. The highest BCUT2D eigenvalue weighted by atomic mass is 16.5. The van der Waals surface area contributed by atoms with Crippen LogP contribution in [0.25, 0.3) is 0 Å². The van der Waals surface area contributed by atoms with E-state index in [1.165, 1.54) is 0 Å². The van der Waals surface area contributed by atoms with Crippen molar-refractivity contribution in [3.63, 3.8) is 0 Å². The molecule has 128 valence electrons. The molecule has 1 aliphatic rings. The highest BCUT2D eigenvalue weighted by molar-refractivity contribution is 5.61. The van der Waals surface area contributed by atoms with Crippen molar-refractivity contribution in [3.8, 4) is 0 Å². The molecule has 1 fully saturated rings. The molecule has 6 heteroatoms. The first-order chi connectivity index (χ1) is 11.8. The Kier molecular flexibility index (Phi) is 5.61. The van der Waals surface area contributed by atoms with Crippen molar-refractivity contribution in [2.45, 2.75) is 0 Å². The fourth-order valence-corrected chi connectivity index (χ4v) is 2.90. The van der Waals surface area contributed by atoms with E-state index in [-0.39, 0.29) is 0 Å². The van der Waals surface area contributed by atoms with Gasteiger partial charge in [0.15, 0.2) is 0 Å². The van der Waals surface area contributed by atoms with Crippen molar-refractivity contribution in [2.24, 2.45) is 0 Å². The molecule has 0 spiro atoms. The van der Waals surface area contributed by atoms with Gasteiger partial charge in [-0.3, -0.25) is 4.90 Å². The highest BCUT2D eigenvalue weighted by Crippen LogP contribution is 2.24. The number of aromatic nitrogens is 2. The van der Waals surface area contributed by atoms with Crippen LogP contribution in [-0.4, -0.2) is 68.4 Å². The molecule has 1 aromatic carbocycles. The molecule has 2 heterocycles. The third-order valence-electron chi connectivity index (χ3n) is 4.43. The summed E-state index contributed by atoms with van der Waals surface area (Å²) in [5, 5.41) is 0. The number of rotatable bonds is 6. The van der Waals surface area contributed by atoms with Crippen LogP contribution in [0, 0.1) is 0 Å². The molecule has 24 heavy (non-hydrogen) atoms. The fourth-order valence-electron chi connectivity index (χ4n) is 2.90. The summed E-state index contributed by atoms with van der Waals surface area (Å²) in [4.78, 5) is 15.7. The normalized spacial score (nSPS) is 15.5. The first-order valence-corrected chi connectivity index (χ1v) is 8.35. The van der Waals surface area contributed by atoms with E-state index in [9.17, 15) is 0 Å². The van der Waals surface area contributed by atoms with Crippen LogP contribution in [0.5, 0.6) is 0 Å². The number of benzene rings is 1.